The highest BCUT2D eigenvalue weighted by Gasteiger charge is 2.13. The largest absolute Gasteiger partial charge is 0.368 e. The molecule has 0 aromatic carbocycles. The predicted octanol–water partition coefficient (Wildman–Crippen LogP) is 4.57. The first kappa shape index (κ1) is 25.9. The lowest BCUT2D eigenvalue weighted by Gasteiger charge is -2.08. The van der Waals surface area contributed by atoms with Gasteiger partial charge in [0.1, 0.15) is 0 Å². The second kappa shape index (κ2) is 19.7. The number of nitrogens with two attached hydrogens (primary N) is 2. The zero-order chi connectivity index (χ0) is 20.2. The summed E-state index contributed by atoms with van der Waals surface area (Å²) >= 11 is 0. The predicted molar refractivity (Wildman–Crippen MR) is 114 cm³/mol. The summed E-state index contributed by atoms with van der Waals surface area (Å²) in [6, 6.07) is -0.879. The van der Waals surface area contributed by atoms with Crippen molar-refractivity contribution >= 4 is 11.8 Å². The summed E-state index contributed by atoms with van der Waals surface area (Å²) in [6.45, 7) is 2.93. The molecule has 0 bridgehead atoms. The van der Waals surface area contributed by atoms with Crippen LogP contribution in [0.4, 0.5) is 0 Å². The van der Waals surface area contributed by atoms with Gasteiger partial charge in [-0.25, -0.2) is 0 Å². The topological polar surface area (TPSA) is 98.2 Å². The Bertz CT molecular complexity index is 361. The average Bonchev–Trinajstić information content (AvgIpc) is 2.64. The molecule has 5 heteroatoms. The molecule has 0 radical (unpaired) electrons. The lowest BCUT2D eigenvalue weighted by Crippen LogP contribution is -2.41. The molecular formula is C22H45N3O2. The summed E-state index contributed by atoms with van der Waals surface area (Å²) in [5, 5.41) is 2.79. The molecule has 160 valence electrons. The van der Waals surface area contributed by atoms with E-state index in [1.807, 2.05) is 0 Å². The van der Waals surface area contributed by atoms with Crippen LogP contribution >= 0.6 is 0 Å². The third-order valence-corrected chi connectivity index (χ3v) is 5.12. The van der Waals surface area contributed by atoms with Crippen molar-refractivity contribution in [1.29, 1.82) is 0 Å². The van der Waals surface area contributed by atoms with Gasteiger partial charge in [0.05, 0.1) is 12.5 Å². The van der Waals surface area contributed by atoms with Gasteiger partial charge >= 0.3 is 0 Å². The van der Waals surface area contributed by atoms with Crippen LogP contribution < -0.4 is 16.8 Å². The molecule has 0 aromatic heterocycles. The van der Waals surface area contributed by atoms with Gasteiger partial charge in [-0.1, -0.05) is 103 Å². The molecule has 0 aliphatic carbocycles. The van der Waals surface area contributed by atoms with E-state index in [0.717, 1.165) is 12.8 Å². The third kappa shape index (κ3) is 19.5. The van der Waals surface area contributed by atoms with Crippen molar-refractivity contribution in [3.05, 3.63) is 0 Å². The van der Waals surface area contributed by atoms with Crippen LogP contribution in [-0.4, -0.2) is 24.4 Å². The summed E-state index contributed by atoms with van der Waals surface area (Å²) in [5.41, 5.74) is 10.5. The Labute approximate surface area is 167 Å². The lowest BCUT2D eigenvalue weighted by molar-refractivity contribution is -0.126. The fraction of sp³-hybridized carbons (Fsp3) is 0.909. The summed E-state index contributed by atoms with van der Waals surface area (Å²) < 4.78 is 0. The Balaban J connectivity index is 3.17. The molecule has 0 aromatic rings. The smallest absolute Gasteiger partial charge is 0.234 e. The van der Waals surface area contributed by atoms with E-state index in [4.69, 9.17) is 11.5 Å². The second-order valence-corrected chi connectivity index (χ2v) is 7.87. The van der Waals surface area contributed by atoms with Crippen LogP contribution in [0, 0.1) is 0 Å². The van der Waals surface area contributed by atoms with Crippen LogP contribution in [0.15, 0.2) is 0 Å². The second-order valence-electron chi connectivity index (χ2n) is 7.87. The van der Waals surface area contributed by atoms with E-state index in [0.29, 0.717) is 6.54 Å². The minimum absolute atomic E-state index is 0.0197. The van der Waals surface area contributed by atoms with E-state index in [1.54, 1.807) is 0 Å². The van der Waals surface area contributed by atoms with Crippen LogP contribution in [0.3, 0.4) is 0 Å². The highest BCUT2D eigenvalue weighted by Crippen LogP contribution is 2.13. The van der Waals surface area contributed by atoms with E-state index < -0.39 is 11.9 Å². The number of unbranched alkanes of at least 4 members (excludes halogenated alkanes) is 15. The first-order chi connectivity index (χ1) is 13.1. The normalized spacial score (nSPS) is 12.1. The zero-order valence-electron chi connectivity index (χ0n) is 17.8. The van der Waals surface area contributed by atoms with Crippen molar-refractivity contribution in [1.82, 2.24) is 5.32 Å². The number of nitrogens with one attached hydrogen (secondary N) is 1. The van der Waals surface area contributed by atoms with E-state index >= 15 is 0 Å². The van der Waals surface area contributed by atoms with Crippen molar-refractivity contribution in [3.63, 3.8) is 0 Å². The molecule has 0 heterocycles. The summed E-state index contributed by atoms with van der Waals surface area (Å²) in [7, 11) is 0. The molecular weight excluding hydrogens is 338 g/mol. The van der Waals surface area contributed by atoms with Gasteiger partial charge in [0.25, 0.3) is 0 Å². The van der Waals surface area contributed by atoms with Crippen LogP contribution in [0.25, 0.3) is 0 Å². The van der Waals surface area contributed by atoms with Crippen LogP contribution in [0.5, 0.6) is 0 Å². The van der Waals surface area contributed by atoms with E-state index in [-0.39, 0.29) is 12.3 Å². The zero-order valence-corrected chi connectivity index (χ0v) is 17.8. The highest BCUT2D eigenvalue weighted by molar-refractivity contribution is 5.86. The Morgan fingerprint density at radius 3 is 1.44 bits per heavy atom. The monoisotopic (exact) mass is 383 g/mol. The van der Waals surface area contributed by atoms with Crippen molar-refractivity contribution < 1.29 is 9.59 Å². The summed E-state index contributed by atoms with van der Waals surface area (Å²) in [4.78, 5) is 22.3. The van der Waals surface area contributed by atoms with E-state index in [9.17, 15) is 9.59 Å². The maximum absolute atomic E-state index is 11.5. The number of carbonyl (C=O) groups excluding carboxylic acids is 2. The lowest BCUT2D eigenvalue weighted by atomic mass is 10.0. The number of hydrogen-bond donors (Lipinski definition) is 3. The first-order valence-corrected chi connectivity index (χ1v) is 11.4. The Morgan fingerprint density at radius 1 is 0.704 bits per heavy atom. The molecule has 0 saturated heterocycles. The fourth-order valence-corrected chi connectivity index (χ4v) is 3.27. The number of carbonyl (C=O) groups is 2. The molecule has 0 aliphatic rings. The molecule has 0 saturated carbocycles. The third-order valence-electron chi connectivity index (χ3n) is 5.12. The Morgan fingerprint density at radius 2 is 1.07 bits per heavy atom. The van der Waals surface area contributed by atoms with E-state index in [2.05, 4.69) is 12.2 Å². The van der Waals surface area contributed by atoms with Gasteiger partial charge in [-0.2, -0.15) is 0 Å². The van der Waals surface area contributed by atoms with Gasteiger partial charge in [-0.3, -0.25) is 9.59 Å². The van der Waals surface area contributed by atoms with Gasteiger partial charge in [-0.15, -0.1) is 0 Å². The molecule has 0 fully saturated rings. The van der Waals surface area contributed by atoms with Crippen LogP contribution in [0.2, 0.25) is 0 Å². The summed E-state index contributed by atoms with van der Waals surface area (Å²) in [6.07, 6.45) is 21.4. The van der Waals surface area contributed by atoms with Crippen LogP contribution in [-0.2, 0) is 9.59 Å². The SMILES string of the molecule is CCCCCCCCCCCCCCCCCCNC(=O)C[C@H](N)C(N)=O. The molecule has 5 N–H and O–H groups in total. The first-order valence-electron chi connectivity index (χ1n) is 11.4. The van der Waals surface area contributed by atoms with Gasteiger partial charge in [0, 0.05) is 6.54 Å². The molecule has 27 heavy (non-hydrogen) atoms. The maximum atomic E-state index is 11.5. The molecule has 0 rings (SSSR count). The minimum Gasteiger partial charge on any atom is -0.368 e. The van der Waals surface area contributed by atoms with Crippen molar-refractivity contribution in [2.75, 3.05) is 6.54 Å². The molecule has 2 amide bonds. The molecule has 0 aliphatic heterocycles. The van der Waals surface area contributed by atoms with Crippen molar-refractivity contribution in [2.24, 2.45) is 11.5 Å². The molecule has 0 spiro atoms. The number of hydrogen-bond acceptors (Lipinski definition) is 3. The van der Waals surface area contributed by atoms with Gasteiger partial charge in [0.2, 0.25) is 11.8 Å². The standard InChI is InChI=1S/C22H45N3O2/c1-2-3-4-5-6-7-8-9-10-11-12-13-14-15-16-17-18-25-21(26)19-20(23)22(24)27/h20H,2-19,23H2,1H3,(H2,24,27)(H,25,26)/t20-/m0/s1. The van der Waals surface area contributed by atoms with Crippen molar-refractivity contribution in [2.45, 2.75) is 122 Å². The molecule has 1 atom stereocenters. The number of amides is 2. The van der Waals surface area contributed by atoms with Crippen LogP contribution in [0.1, 0.15) is 116 Å². The fourth-order valence-electron chi connectivity index (χ4n) is 3.27. The van der Waals surface area contributed by atoms with Gasteiger partial charge in [-0.05, 0) is 6.42 Å². The molecule has 5 nitrogen and oxygen atoms in total. The van der Waals surface area contributed by atoms with Gasteiger partial charge < -0.3 is 16.8 Å². The quantitative estimate of drug-likeness (QED) is 0.269. The maximum Gasteiger partial charge on any atom is 0.234 e. The minimum atomic E-state index is -0.879. The van der Waals surface area contributed by atoms with E-state index in [1.165, 1.54) is 89.9 Å². The van der Waals surface area contributed by atoms with Crippen molar-refractivity contribution in [3.8, 4) is 0 Å². The Hall–Kier alpha value is -1.10. The van der Waals surface area contributed by atoms with Gasteiger partial charge in [0.15, 0.2) is 0 Å². The summed E-state index contributed by atoms with van der Waals surface area (Å²) in [5.74, 6) is -0.824. The Kier molecular flexibility index (Phi) is 18.9. The highest BCUT2D eigenvalue weighted by atomic mass is 16.2. The number of primary amides is 1. The average molecular weight is 384 g/mol. The molecule has 0 unspecified atom stereocenters. The number of rotatable bonds is 20.